The van der Waals surface area contributed by atoms with Gasteiger partial charge >= 0.3 is 0 Å². The summed E-state index contributed by atoms with van der Waals surface area (Å²) in [4.78, 5) is 13.8. The molecule has 0 aromatic heterocycles. The standard InChI is InChI=1S/C14H20N2O2/c1-18-13-5-2-11(3-6-13)4-7-14(17)16-9-8-12(15)10-16/h2-3,5-6,12H,4,7-10,15H2,1H3/t12-/m0/s1. The molecule has 0 bridgehead atoms. The highest BCUT2D eigenvalue weighted by Crippen LogP contribution is 2.14. The predicted molar refractivity (Wildman–Crippen MR) is 70.5 cm³/mol. The molecule has 0 radical (unpaired) electrons. The average Bonchev–Trinajstić information content (AvgIpc) is 2.83. The van der Waals surface area contributed by atoms with Crippen LogP contribution in [0.5, 0.6) is 5.75 Å². The summed E-state index contributed by atoms with van der Waals surface area (Å²) in [7, 11) is 1.65. The molecule has 1 heterocycles. The molecule has 1 saturated heterocycles. The number of likely N-dealkylation sites (tertiary alicyclic amines) is 1. The minimum atomic E-state index is 0.162. The second kappa shape index (κ2) is 5.87. The van der Waals surface area contributed by atoms with Crippen molar-refractivity contribution in [3.63, 3.8) is 0 Å². The lowest BCUT2D eigenvalue weighted by Crippen LogP contribution is -2.31. The number of hydrogen-bond acceptors (Lipinski definition) is 3. The summed E-state index contributed by atoms with van der Waals surface area (Å²) < 4.78 is 5.10. The summed E-state index contributed by atoms with van der Waals surface area (Å²) in [5.41, 5.74) is 6.95. The zero-order valence-electron chi connectivity index (χ0n) is 10.8. The highest BCUT2D eigenvalue weighted by Gasteiger charge is 2.22. The second-order valence-electron chi connectivity index (χ2n) is 4.74. The fraction of sp³-hybridized carbons (Fsp3) is 0.500. The Labute approximate surface area is 108 Å². The monoisotopic (exact) mass is 248 g/mol. The Morgan fingerprint density at radius 2 is 2.17 bits per heavy atom. The topological polar surface area (TPSA) is 55.6 Å². The third-order valence-electron chi connectivity index (χ3n) is 3.36. The van der Waals surface area contributed by atoms with Crippen LogP contribution in [0.1, 0.15) is 18.4 Å². The van der Waals surface area contributed by atoms with Gasteiger partial charge in [0, 0.05) is 25.6 Å². The van der Waals surface area contributed by atoms with E-state index >= 15 is 0 Å². The number of carbonyl (C=O) groups is 1. The van der Waals surface area contributed by atoms with Crippen molar-refractivity contribution in [3.8, 4) is 5.75 Å². The van der Waals surface area contributed by atoms with E-state index in [1.807, 2.05) is 29.2 Å². The summed E-state index contributed by atoms with van der Waals surface area (Å²) in [6.07, 6.45) is 2.25. The smallest absolute Gasteiger partial charge is 0.222 e. The first-order valence-electron chi connectivity index (χ1n) is 6.35. The highest BCUT2D eigenvalue weighted by atomic mass is 16.5. The van der Waals surface area contributed by atoms with Crippen molar-refractivity contribution in [2.24, 2.45) is 5.73 Å². The molecule has 2 N–H and O–H groups in total. The van der Waals surface area contributed by atoms with Crippen LogP contribution in [0.15, 0.2) is 24.3 Å². The number of hydrogen-bond donors (Lipinski definition) is 1. The van der Waals surface area contributed by atoms with Gasteiger partial charge in [0.2, 0.25) is 5.91 Å². The van der Waals surface area contributed by atoms with E-state index in [9.17, 15) is 4.79 Å². The van der Waals surface area contributed by atoms with Gasteiger partial charge in [-0.1, -0.05) is 12.1 Å². The number of nitrogens with zero attached hydrogens (tertiary/aromatic N) is 1. The summed E-state index contributed by atoms with van der Waals surface area (Å²) in [6, 6.07) is 8.01. The van der Waals surface area contributed by atoms with Crippen molar-refractivity contribution in [1.29, 1.82) is 0 Å². The molecule has 0 saturated carbocycles. The molecule has 0 unspecified atom stereocenters. The van der Waals surface area contributed by atoms with E-state index in [4.69, 9.17) is 10.5 Å². The maximum atomic E-state index is 11.9. The van der Waals surface area contributed by atoms with Crippen LogP contribution in [0.2, 0.25) is 0 Å². The maximum absolute atomic E-state index is 11.9. The molecule has 4 nitrogen and oxygen atoms in total. The van der Waals surface area contributed by atoms with Gasteiger partial charge in [-0.3, -0.25) is 4.79 Å². The van der Waals surface area contributed by atoms with Gasteiger partial charge in [-0.2, -0.15) is 0 Å². The quantitative estimate of drug-likeness (QED) is 0.870. The lowest BCUT2D eigenvalue weighted by atomic mass is 10.1. The zero-order valence-corrected chi connectivity index (χ0v) is 10.8. The number of ether oxygens (including phenoxy) is 1. The number of methoxy groups -OCH3 is 1. The van der Waals surface area contributed by atoms with Crippen LogP contribution < -0.4 is 10.5 Å². The molecule has 1 fully saturated rings. The fourth-order valence-electron chi connectivity index (χ4n) is 2.22. The van der Waals surface area contributed by atoms with Crippen LogP contribution in [0.4, 0.5) is 0 Å². The van der Waals surface area contributed by atoms with Crippen LogP contribution >= 0.6 is 0 Å². The number of aryl methyl sites for hydroxylation is 1. The normalized spacial score (nSPS) is 19.0. The van der Waals surface area contributed by atoms with Gasteiger partial charge in [0.05, 0.1) is 7.11 Å². The second-order valence-corrected chi connectivity index (χ2v) is 4.74. The minimum absolute atomic E-state index is 0.162. The molecule has 1 amide bonds. The van der Waals surface area contributed by atoms with Crippen LogP contribution in [-0.4, -0.2) is 37.0 Å². The molecule has 0 spiro atoms. The Kier molecular flexibility index (Phi) is 4.20. The molecular weight excluding hydrogens is 228 g/mol. The number of benzene rings is 1. The van der Waals surface area contributed by atoms with Crippen molar-refractivity contribution in [1.82, 2.24) is 4.90 Å². The minimum Gasteiger partial charge on any atom is -0.497 e. The van der Waals surface area contributed by atoms with Gasteiger partial charge in [-0.15, -0.1) is 0 Å². The summed E-state index contributed by atoms with van der Waals surface area (Å²) in [6.45, 7) is 1.52. The first-order valence-corrected chi connectivity index (χ1v) is 6.35. The third-order valence-corrected chi connectivity index (χ3v) is 3.36. The number of amides is 1. The number of nitrogens with two attached hydrogens (primary N) is 1. The number of carbonyl (C=O) groups excluding carboxylic acids is 1. The van der Waals surface area contributed by atoms with Crippen molar-refractivity contribution in [3.05, 3.63) is 29.8 Å². The van der Waals surface area contributed by atoms with Gasteiger partial charge in [0.25, 0.3) is 0 Å². The molecule has 1 aliphatic rings. The van der Waals surface area contributed by atoms with Gasteiger partial charge in [-0.05, 0) is 30.5 Å². The van der Waals surface area contributed by atoms with Gasteiger partial charge in [0.15, 0.2) is 0 Å². The molecular formula is C14H20N2O2. The zero-order chi connectivity index (χ0) is 13.0. The molecule has 1 aromatic rings. The lowest BCUT2D eigenvalue weighted by molar-refractivity contribution is -0.130. The molecule has 2 rings (SSSR count). The summed E-state index contributed by atoms with van der Waals surface area (Å²) >= 11 is 0. The Hall–Kier alpha value is -1.55. The Balaban J connectivity index is 1.81. The van der Waals surface area contributed by atoms with Gasteiger partial charge in [-0.25, -0.2) is 0 Å². The van der Waals surface area contributed by atoms with E-state index in [2.05, 4.69) is 0 Å². The fourth-order valence-corrected chi connectivity index (χ4v) is 2.22. The van der Waals surface area contributed by atoms with E-state index in [-0.39, 0.29) is 11.9 Å². The molecule has 1 aliphatic heterocycles. The Bertz CT molecular complexity index is 403. The average molecular weight is 248 g/mol. The largest absolute Gasteiger partial charge is 0.497 e. The van der Waals surface area contributed by atoms with E-state index < -0.39 is 0 Å². The first kappa shape index (κ1) is 12.9. The molecule has 18 heavy (non-hydrogen) atoms. The lowest BCUT2D eigenvalue weighted by Gasteiger charge is -2.15. The molecule has 4 heteroatoms. The van der Waals surface area contributed by atoms with Crippen LogP contribution in [0.3, 0.4) is 0 Å². The van der Waals surface area contributed by atoms with Crippen molar-refractivity contribution >= 4 is 5.91 Å². The van der Waals surface area contributed by atoms with E-state index in [1.54, 1.807) is 7.11 Å². The van der Waals surface area contributed by atoms with E-state index in [0.29, 0.717) is 13.0 Å². The highest BCUT2D eigenvalue weighted by molar-refractivity contribution is 5.76. The molecule has 0 aliphatic carbocycles. The Morgan fingerprint density at radius 1 is 1.44 bits per heavy atom. The maximum Gasteiger partial charge on any atom is 0.222 e. The summed E-state index contributed by atoms with van der Waals surface area (Å²) in [5, 5.41) is 0. The molecule has 1 aromatic carbocycles. The van der Waals surface area contributed by atoms with Crippen molar-refractivity contribution in [2.45, 2.75) is 25.3 Å². The van der Waals surface area contributed by atoms with Crippen LogP contribution in [0.25, 0.3) is 0 Å². The van der Waals surface area contributed by atoms with Crippen LogP contribution in [0, 0.1) is 0 Å². The SMILES string of the molecule is COc1ccc(CCC(=O)N2CC[C@H](N)C2)cc1. The molecule has 98 valence electrons. The predicted octanol–water partition coefficient (Wildman–Crippen LogP) is 1.19. The van der Waals surface area contributed by atoms with E-state index in [1.165, 1.54) is 0 Å². The third kappa shape index (κ3) is 3.23. The van der Waals surface area contributed by atoms with Crippen LogP contribution in [-0.2, 0) is 11.2 Å². The van der Waals surface area contributed by atoms with Gasteiger partial charge in [0.1, 0.15) is 5.75 Å². The van der Waals surface area contributed by atoms with Crippen molar-refractivity contribution in [2.75, 3.05) is 20.2 Å². The number of rotatable bonds is 4. The molecule has 1 atom stereocenters. The Morgan fingerprint density at radius 3 is 2.72 bits per heavy atom. The van der Waals surface area contributed by atoms with Gasteiger partial charge < -0.3 is 15.4 Å². The van der Waals surface area contributed by atoms with Crippen molar-refractivity contribution < 1.29 is 9.53 Å². The first-order chi connectivity index (χ1) is 8.69. The van der Waals surface area contributed by atoms with E-state index in [0.717, 1.165) is 30.7 Å². The summed E-state index contributed by atoms with van der Waals surface area (Å²) in [5.74, 6) is 1.05.